The van der Waals surface area contributed by atoms with Crippen molar-refractivity contribution in [1.82, 2.24) is 0 Å². The molecule has 1 rings (SSSR count). The average Bonchev–Trinajstić information content (AvgIpc) is 2.31. The molecule has 0 radical (unpaired) electrons. The summed E-state index contributed by atoms with van der Waals surface area (Å²) in [6.45, 7) is 0.968. The number of hydrogen-bond acceptors (Lipinski definition) is 3. The Kier molecular flexibility index (Phi) is 2.60. The zero-order chi connectivity index (χ0) is 7.40. The van der Waals surface area contributed by atoms with Crippen molar-refractivity contribution in [3.05, 3.63) is 11.9 Å². The largest absolute Gasteiger partial charge is 0.504 e. The van der Waals surface area contributed by atoms with Gasteiger partial charge in [0.25, 0.3) is 0 Å². The van der Waals surface area contributed by atoms with Gasteiger partial charge < -0.3 is 15.6 Å². The van der Waals surface area contributed by atoms with Gasteiger partial charge >= 0.3 is 0 Å². The smallest absolute Gasteiger partial charge is 0.175 e. The normalized spacial score (nSPS) is 10.5. The Morgan fingerprint density at radius 1 is 1.70 bits per heavy atom. The van der Waals surface area contributed by atoms with Crippen LogP contribution in [0.5, 0.6) is 11.2 Å². The predicted octanol–water partition coefficient (Wildman–Crippen LogP) is 0.761. The molecule has 1 heterocycles. The Morgan fingerprint density at radius 3 is 3.00 bits per heavy atom. The van der Waals surface area contributed by atoms with Crippen LogP contribution in [0.2, 0.25) is 0 Å². The van der Waals surface area contributed by atoms with E-state index in [1.165, 1.54) is 0 Å². The molecular formula is C6H10NO2P. The molecule has 0 bridgehead atoms. The molecule has 0 amide bonds. The van der Waals surface area contributed by atoms with Gasteiger partial charge in [0.2, 0.25) is 0 Å². The maximum absolute atomic E-state index is 9.05. The Labute approximate surface area is 60.9 Å². The number of aromatic hydroxyl groups is 1. The first-order valence-corrected chi connectivity index (χ1v) is 4.11. The molecule has 0 saturated heterocycles. The van der Waals surface area contributed by atoms with Crippen molar-refractivity contribution in [3.8, 4) is 11.2 Å². The van der Waals surface area contributed by atoms with Crippen molar-refractivity contribution in [2.45, 2.75) is 0 Å². The van der Waals surface area contributed by atoms with Crippen molar-refractivity contribution in [3.63, 3.8) is 0 Å². The third-order valence-corrected chi connectivity index (χ3v) is 2.05. The molecule has 1 aromatic heterocycles. The molecule has 0 aliphatic carbocycles. The first-order chi connectivity index (χ1) is 4.84. The molecule has 4 heteroatoms. The third kappa shape index (κ3) is 1.66. The fourth-order valence-corrected chi connectivity index (χ4v) is 1.43. The summed E-state index contributed by atoms with van der Waals surface area (Å²) in [6.07, 6.45) is 0. The van der Waals surface area contributed by atoms with Crippen LogP contribution in [0.1, 0.15) is 0 Å². The minimum Gasteiger partial charge on any atom is -0.504 e. The summed E-state index contributed by atoms with van der Waals surface area (Å²) in [7, 11) is 0.461. The minimum atomic E-state index is 0.242. The quantitative estimate of drug-likeness (QED) is 0.684. The van der Waals surface area contributed by atoms with Crippen molar-refractivity contribution in [2.24, 2.45) is 5.73 Å². The molecule has 0 aliphatic rings. The van der Waals surface area contributed by atoms with Crippen LogP contribution in [-0.4, -0.2) is 18.3 Å². The van der Waals surface area contributed by atoms with Gasteiger partial charge in [-0.1, -0.05) is 8.19 Å². The standard InChI is InChI=1S/C6H10NO2P/c7-2-3-9-6-5(8)1-4-10-6/h1,4,8,10H,2-3,7H2. The summed E-state index contributed by atoms with van der Waals surface area (Å²) >= 11 is 0. The number of hydrogen-bond donors (Lipinski definition) is 2. The van der Waals surface area contributed by atoms with Crippen LogP contribution < -0.4 is 10.5 Å². The van der Waals surface area contributed by atoms with E-state index in [1.807, 2.05) is 5.80 Å². The van der Waals surface area contributed by atoms with Gasteiger partial charge in [0.1, 0.15) is 6.61 Å². The highest BCUT2D eigenvalue weighted by Gasteiger charge is 1.99. The highest BCUT2D eigenvalue weighted by Crippen LogP contribution is 2.35. The van der Waals surface area contributed by atoms with Crippen molar-refractivity contribution >= 4 is 8.19 Å². The van der Waals surface area contributed by atoms with Gasteiger partial charge in [-0.3, -0.25) is 0 Å². The summed E-state index contributed by atoms with van der Waals surface area (Å²) in [6, 6.07) is 1.64. The van der Waals surface area contributed by atoms with Crippen LogP contribution >= 0.6 is 8.19 Å². The van der Waals surface area contributed by atoms with Gasteiger partial charge in [-0.25, -0.2) is 0 Å². The van der Waals surface area contributed by atoms with Gasteiger partial charge in [0.15, 0.2) is 11.2 Å². The third-order valence-electron chi connectivity index (χ3n) is 1.05. The zero-order valence-electron chi connectivity index (χ0n) is 5.50. The van der Waals surface area contributed by atoms with Gasteiger partial charge in [-0.15, -0.1) is 0 Å². The van der Waals surface area contributed by atoms with E-state index in [4.69, 9.17) is 15.6 Å². The SMILES string of the molecule is NCCOc1[pH]ccc1O. The van der Waals surface area contributed by atoms with E-state index in [0.717, 1.165) is 0 Å². The van der Waals surface area contributed by atoms with Crippen LogP contribution in [-0.2, 0) is 0 Å². The second kappa shape index (κ2) is 3.49. The Balaban J connectivity index is 2.49. The lowest BCUT2D eigenvalue weighted by molar-refractivity contribution is 0.319. The second-order valence-corrected chi connectivity index (χ2v) is 2.91. The van der Waals surface area contributed by atoms with Crippen LogP contribution in [0.15, 0.2) is 11.9 Å². The summed E-state index contributed by atoms with van der Waals surface area (Å²) in [4.78, 5) is 0. The van der Waals surface area contributed by atoms with Crippen molar-refractivity contribution in [1.29, 1.82) is 0 Å². The van der Waals surface area contributed by atoms with Gasteiger partial charge in [-0.2, -0.15) is 0 Å². The lowest BCUT2D eigenvalue weighted by Gasteiger charge is -2.00. The van der Waals surface area contributed by atoms with Gasteiger partial charge in [0.05, 0.1) is 0 Å². The molecule has 0 fully saturated rings. The molecule has 1 aromatic rings. The van der Waals surface area contributed by atoms with E-state index in [-0.39, 0.29) is 5.75 Å². The Hall–Kier alpha value is -0.660. The highest BCUT2D eigenvalue weighted by molar-refractivity contribution is 7.32. The monoisotopic (exact) mass is 159 g/mol. The highest BCUT2D eigenvalue weighted by atomic mass is 31.0. The maximum Gasteiger partial charge on any atom is 0.175 e. The second-order valence-electron chi connectivity index (χ2n) is 1.83. The molecule has 0 spiro atoms. The minimum absolute atomic E-state index is 0.242. The van der Waals surface area contributed by atoms with Gasteiger partial charge in [-0.05, 0) is 11.9 Å². The molecule has 1 unspecified atom stereocenters. The van der Waals surface area contributed by atoms with E-state index in [1.54, 1.807) is 6.07 Å². The van der Waals surface area contributed by atoms with Crippen LogP contribution in [0.4, 0.5) is 0 Å². The Bertz CT molecular complexity index is 199. The Morgan fingerprint density at radius 2 is 2.50 bits per heavy atom. The summed E-state index contributed by atoms with van der Waals surface area (Å²) < 4.78 is 5.12. The number of rotatable bonds is 3. The zero-order valence-corrected chi connectivity index (χ0v) is 6.50. The molecule has 3 nitrogen and oxygen atoms in total. The fourth-order valence-electron chi connectivity index (χ4n) is 0.623. The van der Waals surface area contributed by atoms with Crippen LogP contribution in [0.3, 0.4) is 0 Å². The first kappa shape index (κ1) is 7.45. The van der Waals surface area contributed by atoms with E-state index < -0.39 is 0 Å². The fraction of sp³-hybridized carbons (Fsp3) is 0.333. The molecule has 10 heavy (non-hydrogen) atoms. The van der Waals surface area contributed by atoms with Crippen molar-refractivity contribution < 1.29 is 9.84 Å². The van der Waals surface area contributed by atoms with Gasteiger partial charge in [0, 0.05) is 6.54 Å². The predicted molar refractivity (Wildman–Crippen MR) is 42.2 cm³/mol. The molecule has 1 atom stereocenters. The first-order valence-electron chi connectivity index (χ1n) is 3.04. The summed E-state index contributed by atoms with van der Waals surface area (Å²) in [5, 5.41) is 9.05. The lowest BCUT2D eigenvalue weighted by Crippen LogP contribution is -2.09. The summed E-state index contributed by atoms with van der Waals surface area (Å²) in [5.41, 5.74) is 5.86. The molecule has 0 aromatic carbocycles. The molecular weight excluding hydrogens is 149 g/mol. The van der Waals surface area contributed by atoms with E-state index in [9.17, 15) is 0 Å². The lowest BCUT2D eigenvalue weighted by atomic mass is 10.6. The topological polar surface area (TPSA) is 55.5 Å². The molecule has 3 N–H and O–H groups in total. The van der Waals surface area contributed by atoms with Crippen molar-refractivity contribution in [2.75, 3.05) is 13.2 Å². The van der Waals surface area contributed by atoms with E-state index in [2.05, 4.69) is 0 Å². The number of nitrogens with two attached hydrogens (primary N) is 1. The molecule has 56 valence electrons. The molecule has 0 saturated carbocycles. The molecule has 0 aliphatic heterocycles. The maximum atomic E-state index is 9.05. The van der Waals surface area contributed by atoms with Crippen LogP contribution in [0.25, 0.3) is 0 Å². The number of ether oxygens (including phenoxy) is 1. The van der Waals surface area contributed by atoms with E-state index >= 15 is 0 Å². The average molecular weight is 159 g/mol. The van der Waals surface area contributed by atoms with E-state index in [0.29, 0.717) is 26.8 Å². The summed E-state index contributed by atoms with van der Waals surface area (Å²) in [5.74, 6) is 2.12. The van der Waals surface area contributed by atoms with Crippen LogP contribution in [0, 0.1) is 0 Å².